The normalized spacial score (nSPS) is 18.2. The van der Waals surface area contributed by atoms with Crippen molar-refractivity contribution in [2.45, 2.75) is 150 Å². The van der Waals surface area contributed by atoms with Crippen LogP contribution in [0.25, 0.3) is 0 Å². The standard InChI is InChI=1S/C53H81N3O10/c1-13-36(6)50(55(10)52(62)41(34(2)3)30-45(58)49(35(4)5)54(9)28-21-27-48(60)61)46(64-11)32-47(59)56-29-20-26-43(56)51(65-12)38(8)44(57)31-42(37(7)40-24-18-15-19-25-40)53(63)66-33-39-22-16-14-17-23-39/h14-19,22-25,34-38,41-43,46,49-51H,13,20-21,26-33H2,1-12H3,(H,60,61)/t36-,37-,38-,41-,42?,43-,46+,49-,50-,51+/m0/s1. The first-order valence-electron chi connectivity index (χ1n) is 24.1. The van der Waals surface area contributed by atoms with Gasteiger partial charge in [-0.15, -0.1) is 0 Å². The number of hydrogen-bond donors (Lipinski definition) is 1. The van der Waals surface area contributed by atoms with Crippen LogP contribution in [-0.4, -0.2) is 127 Å². The number of methoxy groups -OCH3 is 2. The first-order valence-corrected chi connectivity index (χ1v) is 24.1. The maximum Gasteiger partial charge on any atom is 0.310 e. The number of hydrogen-bond acceptors (Lipinski definition) is 10. The van der Waals surface area contributed by atoms with Gasteiger partial charge in [-0.2, -0.15) is 0 Å². The molecule has 1 saturated heterocycles. The second-order valence-corrected chi connectivity index (χ2v) is 19.3. The van der Waals surface area contributed by atoms with Gasteiger partial charge in [0.2, 0.25) is 11.8 Å². The topological polar surface area (TPSA) is 160 Å². The number of benzene rings is 2. The number of aliphatic carboxylic acids is 1. The Morgan fingerprint density at radius 1 is 0.788 bits per heavy atom. The van der Waals surface area contributed by atoms with Crippen molar-refractivity contribution in [2.24, 2.45) is 35.5 Å². The van der Waals surface area contributed by atoms with Gasteiger partial charge >= 0.3 is 11.9 Å². The number of nitrogens with zero attached hydrogens (tertiary/aromatic N) is 3. The average molecular weight is 920 g/mol. The number of carbonyl (C=O) groups excluding carboxylic acids is 5. The molecule has 13 nitrogen and oxygen atoms in total. The van der Waals surface area contributed by atoms with Crippen LogP contribution in [0.5, 0.6) is 0 Å². The van der Waals surface area contributed by atoms with Crippen molar-refractivity contribution in [3.05, 3.63) is 71.8 Å². The molecule has 3 rings (SSSR count). The molecule has 2 aromatic carbocycles. The number of likely N-dealkylation sites (tertiary alicyclic amines) is 1. The summed E-state index contributed by atoms with van der Waals surface area (Å²) in [6.45, 7) is 16.6. The molecule has 2 aromatic rings. The summed E-state index contributed by atoms with van der Waals surface area (Å²) >= 11 is 0. The molecule has 1 heterocycles. The number of likely N-dealkylation sites (N-methyl/N-ethyl adjacent to an activating group) is 2. The molecule has 1 unspecified atom stereocenters. The summed E-state index contributed by atoms with van der Waals surface area (Å²) in [7, 11) is 6.68. The SMILES string of the molecule is CC[C@H](C)[C@@H]([C@@H](CC(=O)N1CCC[C@H]1[C@H](OC)[C@@H](C)C(=O)CC(C(=O)OCc1ccccc1)[C@@H](C)c1ccccc1)OC)N(C)C(=O)[C@@H](CC(=O)[C@H](C(C)C)N(C)CCCC(=O)O)C(C)C. The number of ketones is 2. The molecule has 1 aliphatic heterocycles. The van der Waals surface area contributed by atoms with Crippen molar-refractivity contribution < 1.29 is 48.1 Å². The highest BCUT2D eigenvalue weighted by Gasteiger charge is 2.44. The van der Waals surface area contributed by atoms with E-state index in [-0.39, 0.29) is 79.3 Å². The minimum Gasteiger partial charge on any atom is -0.481 e. The minimum atomic E-state index is -0.882. The summed E-state index contributed by atoms with van der Waals surface area (Å²) in [6.07, 6.45) is 1.14. The van der Waals surface area contributed by atoms with Crippen molar-refractivity contribution in [1.82, 2.24) is 14.7 Å². The van der Waals surface area contributed by atoms with Crippen LogP contribution in [0.15, 0.2) is 60.7 Å². The smallest absolute Gasteiger partial charge is 0.310 e. The summed E-state index contributed by atoms with van der Waals surface area (Å²) in [6, 6.07) is 17.7. The maximum absolute atomic E-state index is 14.6. The number of amides is 2. The van der Waals surface area contributed by atoms with Crippen molar-refractivity contribution in [3.63, 3.8) is 0 Å². The van der Waals surface area contributed by atoms with Gasteiger partial charge in [0.05, 0.1) is 42.7 Å². The van der Waals surface area contributed by atoms with Gasteiger partial charge < -0.3 is 29.1 Å². The summed E-state index contributed by atoms with van der Waals surface area (Å²) in [5.41, 5.74) is 1.78. The van der Waals surface area contributed by atoms with E-state index in [1.165, 1.54) is 0 Å². The molecule has 0 spiro atoms. The van der Waals surface area contributed by atoms with Crippen molar-refractivity contribution in [1.29, 1.82) is 0 Å². The molecule has 0 aliphatic carbocycles. The molecule has 10 atom stereocenters. The Labute approximate surface area is 395 Å². The average Bonchev–Trinajstić information content (AvgIpc) is 3.78. The van der Waals surface area contributed by atoms with E-state index in [4.69, 9.17) is 19.3 Å². The second-order valence-electron chi connectivity index (χ2n) is 19.3. The molecule has 0 bridgehead atoms. The highest BCUT2D eigenvalue weighted by Crippen LogP contribution is 2.34. The number of Topliss-reactive ketones (excluding diaryl/α,β-unsaturated/α-hetero) is 2. The van der Waals surface area contributed by atoms with Gasteiger partial charge in [0.25, 0.3) is 0 Å². The predicted octanol–water partition coefficient (Wildman–Crippen LogP) is 8.08. The molecule has 0 aromatic heterocycles. The zero-order chi connectivity index (χ0) is 49.2. The predicted molar refractivity (Wildman–Crippen MR) is 256 cm³/mol. The van der Waals surface area contributed by atoms with Gasteiger partial charge in [-0.3, -0.25) is 33.7 Å². The lowest BCUT2D eigenvalue weighted by Crippen LogP contribution is -2.54. The number of carbonyl (C=O) groups is 6. The first-order chi connectivity index (χ1) is 31.3. The van der Waals surface area contributed by atoms with E-state index in [0.29, 0.717) is 32.4 Å². The van der Waals surface area contributed by atoms with Crippen LogP contribution in [0.3, 0.4) is 0 Å². The first kappa shape index (κ1) is 55.9. The van der Waals surface area contributed by atoms with Crippen molar-refractivity contribution in [3.8, 4) is 0 Å². The quantitative estimate of drug-likeness (QED) is 0.0787. The molecule has 0 radical (unpaired) electrons. The van der Waals surface area contributed by atoms with Crippen LogP contribution in [0.1, 0.15) is 124 Å². The number of carboxylic acid groups (broad SMARTS) is 1. The van der Waals surface area contributed by atoms with Crippen molar-refractivity contribution >= 4 is 35.3 Å². The van der Waals surface area contributed by atoms with E-state index in [2.05, 4.69) is 0 Å². The van der Waals surface area contributed by atoms with Crippen LogP contribution in [0, 0.1) is 35.5 Å². The summed E-state index contributed by atoms with van der Waals surface area (Å²) in [5, 5.41) is 9.15. The Morgan fingerprint density at radius 2 is 1.39 bits per heavy atom. The van der Waals surface area contributed by atoms with E-state index in [9.17, 15) is 28.8 Å². The number of carboxylic acids is 1. The van der Waals surface area contributed by atoms with Crippen LogP contribution in [0.2, 0.25) is 0 Å². The number of esters is 1. The zero-order valence-corrected chi connectivity index (χ0v) is 41.9. The minimum absolute atomic E-state index is 0.00978. The van der Waals surface area contributed by atoms with Crippen LogP contribution < -0.4 is 0 Å². The van der Waals surface area contributed by atoms with E-state index in [0.717, 1.165) is 17.5 Å². The van der Waals surface area contributed by atoms with Gasteiger partial charge in [0.1, 0.15) is 12.4 Å². The van der Waals surface area contributed by atoms with Gasteiger partial charge in [0, 0.05) is 58.9 Å². The largest absolute Gasteiger partial charge is 0.481 e. The Kier molecular flexibility index (Phi) is 23.2. The maximum atomic E-state index is 14.6. The molecular weight excluding hydrogens is 839 g/mol. The van der Waals surface area contributed by atoms with E-state index >= 15 is 0 Å². The van der Waals surface area contributed by atoms with Crippen LogP contribution in [-0.2, 0) is 49.6 Å². The van der Waals surface area contributed by atoms with Gasteiger partial charge in [-0.05, 0) is 67.7 Å². The fourth-order valence-electron chi connectivity index (χ4n) is 9.98. The molecule has 0 saturated carbocycles. The summed E-state index contributed by atoms with van der Waals surface area (Å²) in [4.78, 5) is 87.7. The summed E-state index contributed by atoms with van der Waals surface area (Å²) in [5.74, 6) is -4.49. The van der Waals surface area contributed by atoms with E-state index < -0.39 is 60.0 Å². The third-order valence-corrected chi connectivity index (χ3v) is 14.1. The van der Waals surface area contributed by atoms with Gasteiger partial charge in [-0.1, -0.05) is 122 Å². The van der Waals surface area contributed by atoms with Gasteiger partial charge in [-0.25, -0.2) is 0 Å². The zero-order valence-electron chi connectivity index (χ0n) is 41.9. The fraction of sp³-hybridized carbons (Fsp3) is 0.660. The van der Waals surface area contributed by atoms with Crippen molar-refractivity contribution in [2.75, 3.05) is 41.4 Å². The molecule has 1 aliphatic rings. The number of rotatable bonds is 29. The second kappa shape index (κ2) is 27.4. The fourth-order valence-corrected chi connectivity index (χ4v) is 9.98. The highest BCUT2D eigenvalue weighted by molar-refractivity contribution is 5.90. The Morgan fingerprint density at radius 3 is 1.94 bits per heavy atom. The molecule has 1 N–H and O–H groups in total. The monoisotopic (exact) mass is 920 g/mol. The van der Waals surface area contributed by atoms with Gasteiger partial charge in [0.15, 0.2) is 5.78 Å². The molecular formula is C53H81N3O10. The number of ether oxygens (including phenoxy) is 3. The third kappa shape index (κ3) is 15.6. The van der Waals surface area contributed by atoms with Crippen LogP contribution >= 0.6 is 0 Å². The molecule has 13 heteroatoms. The Balaban J connectivity index is 1.81. The molecule has 1 fully saturated rings. The van der Waals surface area contributed by atoms with Crippen LogP contribution in [0.4, 0.5) is 0 Å². The lowest BCUT2D eigenvalue weighted by Gasteiger charge is -2.41. The molecule has 2 amide bonds. The van der Waals surface area contributed by atoms with E-state index in [1.807, 2.05) is 128 Å². The Hall–Kier alpha value is -4.46. The third-order valence-electron chi connectivity index (χ3n) is 14.1. The lowest BCUT2D eigenvalue weighted by molar-refractivity contribution is -0.153. The molecule has 66 heavy (non-hydrogen) atoms. The summed E-state index contributed by atoms with van der Waals surface area (Å²) < 4.78 is 18.0. The van der Waals surface area contributed by atoms with E-state index in [1.54, 1.807) is 31.1 Å². The molecule has 368 valence electrons. The lowest BCUT2D eigenvalue weighted by atomic mass is 9.80. The Bertz CT molecular complexity index is 1840. The highest BCUT2D eigenvalue weighted by atomic mass is 16.5.